The number of nitriles is 1. The highest BCUT2D eigenvalue weighted by atomic mass is 79.9. The van der Waals surface area contributed by atoms with Crippen molar-refractivity contribution in [2.45, 2.75) is 37.6 Å². The highest BCUT2D eigenvalue weighted by molar-refractivity contribution is 9.10. The Balaban J connectivity index is 1.77. The van der Waals surface area contributed by atoms with Gasteiger partial charge in [-0.1, -0.05) is 28.1 Å². The molecule has 1 aromatic rings. The van der Waals surface area contributed by atoms with Crippen LogP contribution in [0.3, 0.4) is 0 Å². The molecule has 116 valence electrons. The minimum atomic E-state index is -0.783. The van der Waals surface area contributed by atoms with Crippen molar-refractivity contribution in [1.29, 1.82) is 5.26 Å². The number of hydrogen-bond donors (Lipinski definition) is 1. The van der Waals surface area contributed by atoms with Crippen molar-refractivity contribution in [3.05, 3.63) is 34.3 Å². The van der Waals surface area contributed by atoms with Gasteiger partial charge in [-0.05, 0) is 43.4 Å². The van der Waals surface area contributed by atoms with Crippen molar-refractivity contribution in [1.82, 2.24) is 5.32 Å². The minimum Gasteiger partial charge on any atom is -0.455 e. The van der Waals surface area contributed by atoms with E-state index in [-0.39, 0.29) is 13.0 Å². The summed E-state index contributed by atoms with van der Waals surface area (Å²) in [4.78, 5) is 23.5. The molecule has 0 unspecified atom stereocenters. The zero-order valence-corrected chi connectivity index (χ0v) is 13.7. The van der Waals surface area contributed by atoms with Crippen LogP contribution < -0.4 is 5.32 Å². The number of nitrogens with zero attached hydrogens (tertiary/aromatic N) is 1. The molecule has 0 atom stereocenters. The number of amides is 1. The second-order valence-corrected chi connectivity index (χ2v) is 6.33. The predicted molar refractivity (Wildman–Crippen MR) is 83.8 cm³/mol. The Bertz CT molecular complexity index is 586. The molecular formula is C16H17BrN2O3. The second kappa shape index (κ2) is 7.41. The van der Waals surface area contributed by atoms with Crippen LogP contribution in [0.5, 0.6) is 0 Å². The molecule has 1 amide bonds. The van der Waals surface area contributed by atoms with Gasteiger partial charge >= 0.3 is 5.97 Å². The van der Waals surface area contributed by atoms with Crippen LogP contribution >= 0.6 is 15.9 Å². The Labute approximate surface area is 137 Å². The molecule has 0 heterocycles. The first-order valence-corrected chi connectivity index (χ1v) is 7.95. The first-order chi connectivity index (χ1) is 10.5. The van der Waals surface area contributed by atoms with Gasteiger partial charge in [0.1, 0.15) is 5.54 Å². The van der Waals surface area contributed by atoms with Crippen LogP contribution in [-0.4, -0.2) is 24.0 Å². The van der Waals surface area contributed by atoms with Gasteiger partial charge in [0.2, 0.25) is 0 Å². The van der Waals surface area contributed by atoms with Gasteiger partial charge in [0.25, 0.3) is 5.91 Å². The maximum atomic E-state index is 11.8. The summed E-state index contributed by atoms with van der Waals surface area (Å²) in [5, 5.41) is 11.9. The number of carbonyl (C=O) groups excluding carboxylic acids is 2. The molecule has 6 heteroatoms. The number of nitrogens with one attached hydrogen (secondary N) is 1. The first kappa shape index (κ1) is 16.5. The molecule has 1 N–H and O–H groups in total. The van der Waals surface area contributed by atoms with Crippen molar-refractivity contribution in [3.63, 3.8) is 0 Å². The maximum Gasteiger partial charge on any atom is 0.310 e. The first-order valence-electron chi connectivity index (χ1n) is 7.15. The second-order valence-electron chi connectivity index (χ2n) is 5.41. The monoisotopic (exact) mass is 364 g/mol. The molecule has 1 fully saturated rings. The number of rotatable bonds is 5. The molecule has 0 radical (unpaired) electrons. The largest absolute Gasteiger partial charge is 0.455 e. The van der Waals surface area contributed by atoms with Crippen LogP contribution in [0.25, 0.3) is 0 Å². The quantitative estimate of drug-likeness (QED) is 0.814. The van der Waals surface area contributed by atoms with E-state index in [0.29, 0.717) is 12.8 Å². The number of carbonyl (C=O) groups is 2. The average molecular weight is 365 g/mol. The van der Waals surface area contributed by atoms with Crippen molar-refractivity contribution >= 4 is 27.8 Å². The molecule has 22 heavy (non-hydrogen) atoms. The molecule has 0 spiro atoms. The zero-order valence-electron chi connectivity index (χ0n) is 12.1. The third-order valence-corrected chi connectivity index (χ3v) is 4.20. The van der Waals surface area contributed by atoms with Gasteiger partial charge in [-0.25, -0.2) is 0 Å². The van der Waals surface area contributed by atoms with Crippen LogP contribution in [0.4, 0.5) is 0 Å². The van der Waals surface area contributed by atoms with Crippen LogP contribution in [0, 0.1) is 11.3 Å². The van der Waals surface area contributed by atoms with Gasteiger partial charge in [-0.15, -0.1) is 0 Å². The smallest absolute Gasteiger partial charge is 0.310 e. The van der Waals surface area contributed by atoms with Gasteiger partial charge in [-0.2, -0.15) is 5.26 Å². The summed E-state index contributed by atoms with van der Waals surface area (Å²) < 4.78 is 5.90. The SMILES string of the molecule is N#CC1(NC(=O)COC(=O)Cc2ccc(Br)cc2)CCCC1. The number of hydrogen-bond acceptors (Lipinski definition) is 4. The molecule has 1 aliphatic carbocycles. The van der Waals surface area contributed by atoms with Crippen molar-refractivity contribution < 1.29 is 14.3 Å². The van der Waals surface area contributed by atoms with Crippen LogP contribution in [0.1, 0.15) is 31.2 Å². The Morgan fingerprint density at radius 1 is 1.27 bits per heavy atom. The lowest BCUT2D eigenvalue weighted by atomic mass is 10.00. The predicted octanol–water partition coefficient (Wildman–Crippen LogP) is 2.49. The topological polar surface area (TPSA) is 79.2 Å². The van der Waals surface area contributed by atoms with Gasteiger partial charge in [0.05, 0.1) is 12.5 Å². The Morgan fingerprint density at radius 3 is 2.50 bits per heavy atom. The summed E-state index contributed by atoms with van der Waals surface area (Å²) in [6, 6.07) is 9.47. The normalized spacial score (nSPS) is 15.8. The van der Waals surface area contributed by atoms with E-state index in [4.69, 9.17) is 4.74 Å². The van der Waals surface area contributed by atoms with E-state index in [0.717, 1.165) is 22.9 Å². The van der Waals surface area contributed by atoms with Crippen LogP contribution in [0.15, 0.2) is 28.7 Å². The number of benzene rings is 1. The highest BCUT2D eigenvalue weighted by Gasteiger charge is 2.35. The van der Waals surface area contributed by atoms with Crippen molar-refractivity contribution in [2.75, 3.05) is 6.61 Å². The van der Waals surface area contributed by atoms with Gasteiger partial charge in [0.15, 0.2) is 6.61 Å². The van der Waals surface area contributed by atoms with Gasteiger partial charge in [-0.3, -0.25) is 9.59 Å². The molecule has 5 nitrogen and oxygen atoms in total. The lowest BCUT2D eigenvalue weighted by molar-refractivity contribution is -0.148. The third kappa shape index (κ3) is 4.57. The third-order valence-electron chi connectivity index (χ3n) is 3.68. The molecule has 1 aromatic carbocycles. The summed E-state index contributed by atoms with van der Waals surface area (Å²) in [7, 11) is 0. The maximum absolute atomic E-state index is 11.8. The fourth-order valence-electron chi connectivity index (χ4n) is 2.51. The molecule has 1 saturated carbocycles. The number of esters is 1. The lowest BCUT2D eigenvalue weighted by Crippen LogP contribution is -2.46. The zero-order chi connectivity index (χ0) is 16.0. The standard InChI is InChI=1S/C16H17BrN2O3/c17-13-5-3-12(4-6-13)9-15(21)22-10-14(20)19-16(11-18)7-1-2-8-16/h3-6H,1-2,7-10H2,(H,19,20). The van der Waals surface area contributed by atoms with E-state index in [9.17, 15) is 14.9 Å². The molecule has 0 bridgehead atoms. The molecule has 0 aromatic heterocycles. The van der Waals surface area contributed by atoms with Crippen LogP contribution in [0.2, 0.25) is 0 Å². The molecular weight excluding hydrogens is 348 g/mol. The summed E-state index contributed by atoms with van der Waals surface area (Å²) in [5.41, 5.74) is 0.0350. The Hall–Kier alpha value is -1.87. The van der Waals surface area contributed by atoms with E-state index in [2.05, 4.69) is 27.3 Å². The van der Waals surface area contributed by atoms with Crippen LogP contribution in [-0.2, 0) is 20.7 Å². The fraction of sp³-hybridized carbons (Fsp3) is 0.438. The summed E-state index contributed by atoms with van der Waals surface area (Å²) in [5.74, 6) is -0.887. The fourth-order valence-corrected chi connectivity index (χ4v) is 2.78. The molecule has 2 rings (SSSR count). The van der Waals surface area contributed by atoms with Gasteiger partial charge < -0.3 is 10.1 Å². The Kier molecular flexibility index (Phi) is 5.56. The van der Waals surface area contributed by atoms with E-state index in [1.54, 1.807) is 0 Å². The molecule has 1 aliphatic rings. The van der Waals surface area contributed by atoms with E-state index < -0.39 is 17.4 Å². The van der Waals surface area contributed by atoms with Crippen molar-refractivity contribution in [3.8, 4) is 6.07 Å². The minimum absolute atomic E-state index is 0.115. The molecule has 0 aliphatic heterocycles. The van der Waals surface area contributed by atoms with E-state index in [1.807, 2.05) is 24.3 Å². The molecule has 0 saturated heterocycles. The summed E-state index contributed by atoms with van der Waals surface area (Å²) in [6.45, 7) is -0.348. The highest BCUT2D eigenvalue weighted by Crippen LogP contribution is 2.28. The Morgan fingerprint density at radius 2 is 1.91 bits per heavy atom. The van der Waals surface area contributed by atoms with E-state index >= 15 is 0 Å². The number of halogens is 1. The average Bonchev–Trinajstić information content (AvgIpc) is 2.97. The number of ether oxygens (including phenoxy) is 1. The summed E-state index contributed by atoms with van der Waals surface area (Å²) >= 11 is 3.32. The van der Waals surface area contributed by atoms with Gasteiger partial charge in [0, 0.05) is 4.47 Å². The lowest BCUT2D eigenvalue weighted by Gasteiger charge is -2.21. The van der Waals surface area contributed by atoms with E-state index in [1.165, 1.54) is 0 Å². The summed E-state index contributed by atoms with van der Waals surface area (Å²) in [6.07, 6.45) is 3.28. The van der Waals surface area contributed by atoms with Crippen molar-refractivity contribution in [2.24, 2.45) is 0 Å².